The second kappa shape index (κ2) is 4.70. The Bertz CT molecular complexity index is 273. The Morgan fingerprint density at radius 1 is 0.833 bits per heavy atom. The number of aliphatic hydroxyl groups is 2. The third-order valence-corrected chi connectivity index (χ3v) is 3.17. The molecule has 6 nitrogen and oxygen atoms in total. The van der Waals surface area contributed by atoms with Crippen molar-refractivity contribution >= 4 is 0 Å². The number of aliphatic hydroxyl groups excluding tert-OH is 2. The molecule has 0 saturated carbocycles. The van der Waals surface area contributed by atoms with Crippen molar-refractivity contribution in [3.8, 4) is 0 Å². The van der Waals surface area contributed by atoms with Crippen LogP contribution in [0.25, 0.3) is 0 Å². The van der Waals surface area contributed by atoms with Gasteiger partial charge in [0.2, 0.25) is 0 Å². The SMILES string of the molecule is CC1(C)OCC([C@@H](O)[C@H](O)[C@H]2COC(C)(C)O2)O1. The predicted molar refractivity (Wildman–Crippen MR) is 61.8 cm³/mol. The fourth-order valence-corrected chi connectivity index (χ4v) is 2.21. The molecular weight excluding hydrogens is 240 g/mol. The molecule has 18 heavy (non-hydrogen) atoms. The summed E-state index contributed by atoms with van der Waals surface area (Å²) in [4.78, 5) is 0. The summed E-state index contributed by atoms with van der Waals surface area (Å²) in [5, 5.41) is 20.2. The summed E-state index contributed by atoms with van der Waals surface area (Å²) in [6.45, 7) is 7.58. The maximum atomic E-state index is 10.1. The van der Waals surface area contributed by atoms with E-state index in [1.54, 1.807) is 27.7 Å². The molecule has 0 amide bonds. The first-order chi connectivity index (χ1) is 8.20. The zero-order valence-corrected chi connectivity index (χ0v) is 11.3. The number of hydrogen-bond donors (Lipinski definition) is 2. The van der Waals surface area contributed by atoms with Gasteiger partial charge in [-0.15, -0.1) is 0 Å². The molecule has 2 rings (SSSR count). The fraction of sp³-hybridized carbons (Fsp3) is 1.00. The molecule has 6 heteroatoms. The number of hydrogen-bond acceptors (Lipinski definition) is 6. The van der Waals surface area contributed by atoms with E-state index in [1.807, 2.05) is 0 Å². The summed E-state index contributed by atoms with van der Waals surface area (Å²) in [5.41, 5.74) is 0. The molecule has 0 radical (unpaired) electrons. The van der Waals surface area contributed by atoms with Gasteiger partial charge in [0.25, 0.3) is 0 Å². The van der Waals surface area contributed by atoms with Gasteiger partial charge in [-0.3, -0.25) is 0 Å². The highest BCUT2D eigenvalue weighted by molar-refractivity contribution is 4.88. The van der Waals surface area contributed by atoms with E-state index in [4.69, 9.17) is 18.9 Å². The summed E-state index contributed by atoms with van der Waals surface area (Å²) in [7, 11) is 0. The fourth-order valence-electron chi connectivity index (χ4n) is 2.21. The Labute approximate surface area is 107 Å². The molecule has 2 N–H and O–H groups in total. The average Bonchev–Trinajstić information content (AvgIpc) is 2.79. The second-order valence-corrected chi connectivity index (χ2v) is 5.72. The Morgan fingerprint density at radius 3 is 1.39 bits per heavy atom. The lowest BCUT2D eigenvalue weighted by Crippen LogP contribution is -2.47. The van der Waals surface area contributed by atoms with Gasteiger partial charge < -0.3 is 29.2 Å². The predicted octanol–water partition coefficient (Wildman–Crippen LogP) is 0.0112. The van der Waals surface area contributed by atoms with Crippen LogP contribution >= 0.6 is 0 Å². The van der Waals surface area contributed by atoms with Crippen LogP contribution in [0.5, 0.6) is 0 Å². The van der Waals surface area contributed by atoms with Gasteiger partial charge in [-0.25, -0.2) is 0 Å². The average molecular weight is 262 g/mol. The smallest absolute Gasteiger partial charge is 0.163 e. The minimum absolute atomic E-state index is 0.252. The zero-order chi connectivity index (χ0) is 13.6. The molecule has 2 heterocycles. The van der Waals surface area contributed by atoms with Crippen LogP contribution in [-0.2, 0) is 18.9 Å². The van der Waals surface area contributed by atoms with E-state index in [-0.39, 0.29) is 13.2 Å². The monoisotopic (exact) mass is 262 g/mol. The molecule has 0 spiro atoms. The van der Waals surface area contributed by atoms with Gasteiger partial charge in [0.15, 0.2) is 11.6 Å². The van der Waals surface area contributed by atoms with Gasteiger partial charge in [-0.05, 0) is 27.7 Å². The zero-order valence-electron chi connectivity index (χ0n) is 11.3. The van der Waals surface area contributed by atoms with E-state index in [0.717, 1.165) is 0 Å². The second-order valence-electron chi connectivity index (χ2n) is 5.72. The van der Waals surface area contributed by atoms with Gasteiger partial charge >= 0.3 is 0 Å². The third-order valence-electron chi connectivity index (χ3n) is 3.17. The molecule has 2 aliphatic rings. The largest absolute Gasteiger partial charge is 0.387 e. The lowest BCUT2D eigenvalue weighted by molar-refractivity contribution is -0.183. The first kappa shape index (κ1) is 14.2. The third kappa shape index (κ3) is 3.01. The Morgan fingerprint density at radius 2 is 1.17 bits per heavy atom. The standard InChI is InChI=1S/C12H22O6/c1-11(2)15-5-7(17-11)9(13)10(14)8-6-16-12(3,4)18-8/h7-10,13-14H,5-6H2,1-4H3/t7-,8?,9-,10-/m1/s1. The molecule has 2 aliphatic heterocycles. The first-order valence-electron chi connectivity index (χ1n) is 6.20. The van der Waals surface area contributed by atoms with E-state index in [9.17, 15) is 10.2 Å². The summed E-state index contributed by atoms with van der Waals surface area (Å²) in [6, 6.07) is 0. The van der Waals surface area contributed by atoms with Crippen molar-refractivity contribution in [3.05, 3.63) is 0 Å². The minimum Gasteiger partial charge on any atom is -0.387 e. The first-order valence-corrected chi connectivity index (χ1v) is 6.20. The van der Waals surface area contributed by atoms with Crippen LogP contribution in [0.1, 0.15) is 27.7 Å². The maximum absolute atomic E-state index is 10.1. The van der Waals surface area contributed by atoms with Crippen LogP contribution in [0.15, 0.2) is 0 Å². The topological polar surface area (TPSA) is 77.4 Å². The summed E-state index contributed by atoms with van der Waals surface area (Å²) >= 11 is 0. The molecule has 0 aromatic carbocycles. The Kier molecular flexibility index (Phi) is 3.70. The Hall–Kier alpha value is -0.240. The Balaban J connectivity index is 1.92. The highest BCUT2D eigenvalue weighted by atomic mass is 16.8. The summed E-state index contributed by atoms with van der Waals surface area (Å²) < 4.78 is 21.8. The molecule has 0 aromatic heterocycles. The van der Waals surface area contributed by atoms with Crippen molar-refractivity contribution < 1.29 is 29.2 Å². The van der Waals surface area contributed by atoms with Crippen LogP contribution in [0, 0.1) is 0 Å². The minimum atomic E-state index is -1.06. The van der Waals surface area contributed by atoms with Crippen LogP contribution in [0.4, 0.5) is 0 Å². The van der Waals surface area contributed by atoms with E-state index in [1.165, 1.54) is 0 Å². The summed E-state index contributed by atoms with van der Waals surface area (Å²) in [5.74, 6) is -1.45. The summed E-state index contributed by atoms with van der Waals surface area (Å²) in [6.07, 6.45) is -3.23. The van der Waals surface area contributed by atoms with Gasteiger partial charge in [0.1, 0.15) is 24.4 Å². The number of ether oxygens (including phenoxy) is 4. The lowest BCUT2D eigenvalue weighted by atomic mass is 10.0. The molecule has 0 bridgehead atoms. The van der Waals surface area contributed by atoms with Gasteiger partial charge in [-0.1, -0.05) is 0 Å². The van der Waals surface area contributed by atoms with Gasteiger partial charge in [0.05, 0.1) is 13.2 Å². The van der Waals surface area contributed by atoms with Crippen LogP contribution < -0.4 is 0 Å². The molecule has 1 unspecified atom stereocenters. The van der Waals surface area contributed by atoms with Gasteiger partial charge in [0, 0.05) is 0 Å². The quantitative estimate of drug-likeness (QED) is 0.746. The van der Waals surface area contributed by atoms with E-state index in [2.05, 4.69) is 0 Å². The lowest BCUT2D eigenvalue weighted by Gasteiger charge is -2.27. The van der Waals surface area contributed by atoms with Crippen molar-refractivity contribution in [3.63, 3.8) is 0 Å². The van der Waals surface area contributed by atoms with E-state index in [0.29, 0.717) is 0 Å². The normalized spacial score (nSPS) is 37.7. The van der Waals surface area contributed by atoms with Crippen molar-refractivity contribution in [2.24, 2.45) is 0 Å². The number of rotatable bonds is 3. The van der Waals surface area contributed by atoms with E-state index >= 15 is 0 Å². The molecule has 0 aliphatic carbocycles. The van der Waals surface area contributed by atoms with Crippen molar-refractivity contribution in [1.82, 2.24) is 0 Å². The van der Waals surface area contributed by atoms with Gasteiger partial charge in [-0.2, -0.15) is 0 Å². The van der Waals surface area contributed by atoms with Crippen molar-refractivity contribution in [2.75, 3.05) is 13.2 Å². The molecule has 106 valence electrons. The van der Waals surface area contributed by atoms with Crippen LogP contribution in [0.2, 0.25) is 0 Å². The maximum Gasteiger partial charge on any atom is 0.163 e. The molecule has 2 saturated heterocycles. The van der Waals surface area contributed by atoms with Crippen LogP contribution in [0.3, 0.4) is 0 Å². The van der Waals surface area contributed by atoms with Crippen molar-refractivity contribution in [2.45, 2.75) is 63.7 Å². The molecule has 2 fully saturated rings. The highest BCUT2D eigenvalue weighted by Crippen LogP contribution is 2.29. The van der Waals surface area contributed by atoms with Crippen molar-refractivity contribution in [1.29, 1.82) is 0 Å². The van der Waals surface area contributed by atoms with Crippen LogP contribution in [-0.4, -0.2) is 59.4 Å². The molecular formula is C12H22O6. The highest BCUT2D eigenvalue weighted by Gasteiger charge is 2.45. The molecule has 0 aromatic rings. The van der Waals surface area contributed by atoms with E-state index < -0.39 is 36.0 Å². The molecule has 4 atom stereocenters.